The first-order chi connectivity index (χ1) is 7.83. The van der Waals surface area contributed by atoms with Gasteiger partial charge in [0.2, 0.25) is 0 Å². The van der Waals surface area contributed by atoms with Crippen LogP contribution in [0.3, 0.4) is 0 Å². The van der Waals surface area contributed by atoms with E-state index in [-0.39, 0.29) is 6.10 Å². The third-order valence-corrected chi connectivity index (χ3v) is 4.89. The maximum Gasteiger partial charge on any atom is 0.137 e. The molecular formula is C12H18N2OS. The van der Waals surface area contributed by atoms with E-state index >= 15 is 0 Å². The van der Waals surface area contributed by atoms with Gasteiger partial charge in [0.15, 0.2) is 0 Å². The molecule has 4 heteroatoms. The van der Waals surface area contributed by atoms with Crippen LogP contribution in [-0.4, -0.2) is 25.7 Å². The highest BCUT2D eigenvalue weighted by Crippen LogP contribution is 2.30. The van der Waals surface area contributed by atoms with Crippen molar-refractivity contribution in [3.8, 4) is 0 Å². The number of nitrogens with zero attached hydrogens (tertiary/aromatic N) is 2. The van der Waals surface area contributed by atoms with Crippen LogP contribution in [0.25, 0.3) is 0 Å². The Morgan fingerprint density at radius 3 is 3.12 bits per heavy atom. The first-order valence-corrected chi connectivity index (χ1v) is 7.23. The Bertz CT molecular complexity index is 371. The van der Waals surface area contributed by atoms with E-state index in [0.717, 1.165) is 36.9 Å². The van der Waals surface area contributed by atoms with Gasteiger partial charge in [-0.15, -0.1) is 0 Å². The van der Waals surface area contributed by atoms with Crippen LogP contribution in [0.4, 0.5) is 0 Å². The van der Waals surface area contributed by atoms with E-state index in [9.17, 15) is 5.11 Å². The fourth-order valence-electron chi connectivity index (χ4n) is 2.65. The Morgan fingerprint density at radius 2 is 2.38 bits per heavy atom. The van der Waals surface area contributed by atoms with Crippen LogP contribution >= 0.6 is 11.8 Å². The molecule has 2 aliphatic rings. The molecule has 2 unspecified atom stereocenters. The molecule has 1 aromatic heterocycles. The number of rotatable bonds is 2. The third kappa shape index (κ3) is 2.00. The van der Waals surface area contributed by atoms with Gasteiger partial charge in [-0.1, -0.05) is 0 Å². The molecule has 16 heavy (non-hydrogen) atoms. The molecule has 0 aromatic carbocycles. The highest BCUT2D eigenvalue weighted by Gasteiger charge is 2.23. The fourth-order valence-corrected chi connectivity index (χ4v) is 3.94. The van der Waals surface area contributed by atoms with Crippen molar-refractivity contribution in [2.75, 3.05) is 5.75 Å². The zero-order valence-corrected chi connectivity index (χ0v) is 10.2. The molecular weight excluding hydrogens is 220 g/mol. The number of thioether (sulfide) groups is 1. The average Bonchev–Trinajstić information content (AvgIpc) is 2.88. The standard InChI is InChI=1S/C12H18N2OS/c15-11-4-1-5-14-8-9(13-12(11)14)7-10-3-2-6-16-10/h8,10-11,15H,1-7H2. The molecule has 88 valence electrons. The van der Waals surface area contributed by atoms with Crippen molar-refractivity contribution < 1.29 is 5.11 Å². The lowest BCUT2D eigenvalue weighted by Gasteiger charge is -2.18. The number of aliphatic hydroxyl groups is 1. The van der Waals surface area contributed by atoms with Crippen LogP contribution in [0.5, 0.6) is 0 Å². The molecule has 2 atom stereocenters. The van der Waals surface area contributed by atoms with Crippen molar-refractivity contribution in [2.24, 2.45) is 0 Å². The summed E-state index contributed by atoms with van der Waals surface area (Å²) in [5.41, 5.74) is 1.18. The minimum absolute atomic E-state index is 0.335. The van der Waals surface area contributed by atoms with Gasteiger partial charge in [0.1, 0.15) is 11.9 Å². The summed E-state index contributed by atoms with van der Waals surface area (Å²) in [6.07, 6.45) is 7.52. The molecule has 3 nitrogen and oxygen atoms in total. The highest BCUT2D eigenvalue weighted by atomic mass is 32.2. The number of aliphatic hydroxyl groups excluding tert-OH is 1. The van der Waals surface area contributed by atoms with E-state index in [2.05, 4.69) is 27.5 Å². The first-order valence-electron chi connectivity index (χ1n) is 6.18. The number of aryl methyl sites for hydroxylation is 1. The van der Waals surface area contributed by atoms with E-state index in [4.69, 9.17) is 0 Å². The molecule has 1 aromatic rings. The fraction of sp³-hybridized carbons (Fsp3) is 0.750. The number of fused-ring (bicyclic) bond motifs is 1. The summed E-state index contributed by atoms with van der Waals surface area (Å²) in [5.74, 6) is 2.20. The second-order valence-corrected chi connectivity index (χ2v) is 6.19. The second kappa shape index (κ2) is 4.41. The number of aromatic nitrogens is 2. The van der Waals surface area contributed by atoms with Gasteiger partial charge in [-0.05, 0) is 31.4 Å². The van der Waals surface area contributed by atoms with E-state index in [0.29, 0.717) is 0 Å². The van der Waals surface area contributed by atoms with Crippen molar-refractivity contribution in [3.63, 3.8) is 0 Å². The van der Waals surface area contributed by atoms with E-state index in [1.807, 2.05) is 0 Å². The zero-order chi connectivity index (χ0) is 11.0. The minimum Gasteiger partial charge on any atom is -0.385 e. The molecule has 3 rings (SSSR count). The zero-order valence-electron chi connectivity index (χ0n) is 9.43. The van der Waals surface area contributed by atoms with Crippen LogP contribution < -0.4 is 0 Å². The van der Waals surface area contributed by atoms with Crippen molar-refractivity contribution in [2.45, 2.75) is 50.0 Å². The summed E-state index contributed by atoms with van der Waals surface area (Å²) in [7, 11) is 0. The normalized spacial score (nSPS) is 29.3. The molecule has 1 saturated heterocycles. The highest BCUT2D eigenvalue weighted by molar-refractivity contribution is 8.00. The SMILES string of the molecule is OC1CCCn2cc(CC3CCCS3)nc21. The lowest BCUT2D eigenvalue weighted by molar-refractivity contribution is 0.133. The monoisotopic (exact) mass is 238 g/mol. The lowest BCUT2D eigenvalue weighted by atomic mass is 10.1. The van der Waals surface area contributed by atoms with E-state index < -0.39 is 0 Å². The molecule has 0 radical (unpaired) electrons. The Balaban J connectivity index is 1.75. The van der Waals surface area contributed by atoms with Gasteiger partial charge in [-0.25, -0.2) is 4.98 Å². The smallest absolute Gasteiger partial charge is 0.137 e. The van der Waals surface area contributed by atoms with Gasteiger partial charge < -0.3 is 9.67 Å². The Morgan fingerprint density at radius 1 is 1.44 bits per heavy atom. The lowest BCUT2D eigenvalue weighted by Crippen LogP contribution is -2.14. The summed E-state index contributed by atoms with van der Waals surface area (Å²) < 4.78 is 2.14. The molecule has 1 N–H and O–H groups in total. The van der Waals surface area contributed by atoms with Crippen molar-refractivity contribution in [1.29, 1.82) is 0 Å². The molecule has 0 aliphatic carbocycles. The quantitative estimate of drug-likeness (QED) is 0.858. The predicted octanol–water partition coefficient (Wildman–Crippen LogP) is 2.15. The summed E-state index contributed by atoms with van der Waals surface area (Å²) >= 11 is 2.07. The summed E-state index contributed by atoms with van der Waals surface area (Å²) in [5, 5.41) is 10.6. The molecule has 2 aliphatic heterocycles. The first kappa shape index (κ1) is 10.7. The van der Waals surface area contributed by atoms with E-state index in [1.165, 1.54) is 24.3 Å². The summed E-state index contributed by atoms with van der Waals surface area (Å²) in [4.78, 5) is 4.59. The Kier molecular flexibility index (Phi) is 2.94. The maximum atomic E-state index is 9.85. The predicted molar refractivity (Wildman–Crippen MR) is 65.6 cm³/mol. The van der Waals surface area contributed by atoms with Crippen LogP contribution in [-0.2, 0) is 13.0 Å². The van der Waals surface area contributed by atoms with Gasteiger partial charge in [0, 0.05) is 24.4 Å². The van der Waals surface area contributed by atoms with Crippen molar-refractivity contribution in [1.82, 2.24) is 9.55 Å². The molecule has 0 saturated carbocycles. The molecule has 0 bridgehead atoms. The largest absolute Gasteiger partial charge is 0.385 e. The summed E-state index contributed by atoms with van der Waals surface area (Å²) in [6, 6.07) is 0. The molecule has 1 fully saturated rings. The van der Waals surface area contributed by atoms with Crippen molar-refractivity contribution in [3.05, 3.63) is 17.7 Å². The molecule has 0 amide bonds. The van der Waals surface area contributed by atoms with Gasteiger partial charge >= 0.3 is 0 Å². The Hall–Kier alpha value is -0.480. The van der Waals surface area contributed by atoms with Gasteiger partial charge in [0.05, 0.1) is 5.69 Å². The number of hydrogen-bond donors (Lipinski definition) is 1. The van der Waals surface area contributed by atoms with Gasteiger partial charge in [0.25, 0.3) is 0 Å². The minimum atomic E-state index is -0.335. The van der Waals surface area contributed by atoms with Crippen molar-refractivity contribution >= 4 is 11.8 Å². The van der Waals surface area contributed by atoms with Crippen LogP contribution in [0.1, 0.15) is 43.3 Å². The topological polar surface area (TPSA) is 38.0 Å². The third-order valence-electron chi connectivity index (χ3n) is 3.49. The number of imidazole rings is 1. The summed E-state index contributed by atoms with van der Waals surface area (Å²) in [6.45, 7) is 1.03. The van der Waals surface area contributed by atoms with Crippen LogP contribution in [0.2, 0.25) is 0 Å². The molecule has 3 heterocycles. The maximum absolute atomic E-state index is 9.85. The number of hydrogen-bond acceptors (Lipinski definition) is 3. The Labute approximate surface area is 100 Å². The van der Waals surface area contributed by atoms with E-state index in [1.54, 1.807) is 0 Å². The average molecular weight is 238 g/mol. The van der Waals surface area contributed by atoms with Gasteiger partial charge in [-0.2, -0.15) is 11.8 Å². The van der Waals surface area contributed by atoms with Crippen LogP contribution in [0.15, 0.2) is 6.20 Å². The molecule has 0 spiro atoms. The second-order valence-electron chi connectivity index (χ2n) is 4.78. The van der Waals surface area contributed by atoms with Crippen LogP contribution in [0, 0.1) is 0 Å². The van der Waals surface area contributed by atoms with Gasteiger partial charge in [-0.3, -0.25) is 0 Å².